The summed E-state index contributed by atoms with van der Waals surface area (Å²) in [4.78, 5) is 15.7. The molecule has 1 heterocycles. The van der Waals surface area contributed by atoms with Crippen molar-refractivity contribution in [2.45, 2.75) is 18.9 Å². The van der Waals surface area contributed by atoms with Gasteiger partial charge in [-0.05, 0) is 45.1 Å². The van der Waals surface area contributed by atoms with Crippen LogP contribution in [0.25, 0.3) is 0 Å². The van der Waals surface area contributed by atoms with Crippen LogP contribution in [0.3, 0.4) is 0 Å². The van der Waals surface area contributed by atoms with Gasteiger partial charge in [0, 0.05) is 24.8 Å². The van der Waals surface area contributed by atoms with Gasteiger partial charge in [-0.2, -0.15) is 0 Å². The molecule has 1 saturated heterocycles. The van der Waals surface area contributed by atoms with E-state index in [1.165, 1.54) is 6.07 Å². The number of nitrogen functional groups attached to an aromatic ring is 1. The second kappa shape index (κ2) is 5.48. The third-order valence-electron chi connectivity index (χ3n) is 3.79. The molecular weight excluding hydrogens is 242 g/mol. The number of nitrogens with two attached hydrogens (primary N) is 1. The van der Waals surface area contributed by atoms with Gasteiger partial charge in [-0.1, -0.05) is 0 Å². The average Bonchev–Trinajstić information content (AvgIpc) is 2.38. The highest BCUT2D eigenvalue weighted by molar-refractivity contribution is 5.95. The van der Waals surface area contributed by atoms with Crippen LogP contribution in [-0.4, -0.2) is 49.2 Å². The van der Waals surface area contributed by atoms with Crippen LogP contribution < -0.4 is 10.6 Å². The largest absolute Gasteiger partial charge is 0.478 e. The maximum Gasteiger partial charge on any atom is 0.337 e. The van der Waals surface area contributed by atoms with Crippen molar-refractivity contribution >= 4 is 17.3 Å². The Bertz CT molecular complexity index is 466. The van der Waals surface area contributed by atoms with E-state index in [0.29, 0.717) is 17.3 Å². The first-order valence-electron chi connectivity index (χ1n) is 6.53. The van der Waals surface area contributed by atoms with Crippen LogP contribution in [-0.2, 0) is 0 Å². The minimum atomic E-state index is -0.919. The quantitative estimate of drug-likeness (QED) is 0.809. The van der Waals surface area contributed by atoms with E-state index >= 15 is 0 Å². The van der Waals surface area contributed by atoms with Crippen molar-refractivity contribution in [3.63, 3.8) is 0 Å². The fraction of sp³-hybridized carbons (Fsp3) is 0.500. The summed E-state index contributed by atoms with van der Waals surface area (Å²) >= 11 is 0. The second-order valence-electron chi connectivity index (χ2n) is 5.26. The highest BCUT2D eigenvalue weighted by Crippen LogP contribution is 2.27. The second-order valence-corrected chi connectivity index (χ2v) is 5.26. The molecule has 19 heavy (non-hydrogen) atoms. The molecule has 0 atom stereocenters. The van der Waals surface area contributed by atoms with Crippen LogP contribution in [0.4, 0.5) is 11.4 Å². The lowest BCUT2D eigenvalue weighted by atomic mass is 10.0. The van der Waals surface area contributed by atoms with Crippen molar-refractivity contribution in [2.75, 3.05) is 37.8 Å². The lowest BCUT2D eigenvalue weighted by molar-refractivity contribution is 0.0697. The predicted molar refractivity (Wildman–Crippen MR) is 76.7 cm³/mol. The number of hydrogen-bond donors (Lipinski definition) is 2. The zero-order valence-electron chi connectivity index (χ0n) is 11.5. The number of anilines is 2. The van der Waals surface area contributed by atoms with E-state index in [0.717, 1.165) is 31.6 Å². The van der Waals surface area contributed by atoms with Crippen LogP contribution >= 0.6 is 0 Å². The van der Waals surface area contributed by atoms with Crippen LogP contribution in [0.5, 0.6) is 0 Å². The first-order valence-corrected chi connectivity index (χ1v) is 6.53. The Hall–Kier alpha value is -1.75. The molecular formula is C14H21N3O2. The van der Waals surface area contributed by atoms with Crippen molar-refractivity contribution in [2.24, 2.45) is 0 Å². The van der Waals surface area contributed by atoms with Gasteiger partial charge in [0.1, 0.15) is 0 Å². The molecule has 1 aromatic rings. The zero-order chi connectivity index (χ0) is 14.0. The number of carboxylic acid groups (broad SMARTS) is 1. The summed E-state index contributed by atoms with van der Waals surface area (Å²) in [6.45, 7) is 1.76. The monoisotopic (exact) mass is 263 g/mol. The topological polar surface area (TPSA) is 69.8 Å². The minimum Gasteiger partial charge on any atom is -0.478 e. The summed E-state index contributed by atoms with van der Waals surface area (Å²) in [5.74, 6) is -0.919. The fourth-order valence-electron chi connectivity index (χ4n) is 2.62. The van der Waals surface area contributed by atoms with E-state index in [4.69, 9.17) is 5.73 Å². The van der Waals surface area contributed by atoms with Gasteiger partial charge in [0.05, 0.1) is 11.3 Å². The lowest BCUT2D eigenvalue weighted by Crippen LogP contribution is -2.42. The molecule has 1 aliphatic heterocycles. The number of aromatic carboxylic acids is 1. The van der Waals surface area contributed by atoms with Gasteiger partial charge in [-0.25, -0.2) is 4.79 Å². The molecule has 0 amide bonds. The predicted octanol–water partition coefficient (Wildman–Crippen LogP) is 1.50. The molecule has 3 N–H and O–H groups in total. The van der Waals surface area contributed by atoms with Crippen LogP contribution in [0.15, 0.2) is 18.2 Å². The van der Waals surface area contributed by atoms with Crippen molar-refractivity contribution in [3.05, 3.63) is 23.8 Å². The molecule has 104 valence electrons. The van der Waals surface area contributed by atoms with Crippen molar-refractivity contribution < 1.29 is 9.90 Å². The SMILES string of the molecule is CN(C)C1CCN(c2ccc(N)cc2C(=O)O)CC1. The van der Waals surface area contributed by atoms with E-state index < -0.39 is 5.97 Å². The summed E-state index contributed by atoms with van der Waals surface area (Å²) in [6, 6.07) is 5.70. The molecule has 0 radical (unpaired) electrons. The van der Waals surface area contributed by atoms with Gasteiger partial charge in [-0.15, -0.1) is 0 Å². The summed E-state index contributed by atoms with van der Waals surface area (Å²) in [7, 11) is 4.18. The van der Waals surface area contributed by atoms with Crippen molar-refractivity contribution in [1.29, 1.82) is 0 Å². The van der Waals surface area contributed by atoms with Gasteiger partial charge < -0.3 is 20.6 Å². The Kier molecular flexibility index (Phi) is 3.95. The number of rotatable bonds is 3. The Labute approximate surface area is 113 Å². The molecule has 5 nitrogen and oxygen atoms in total. The molecule has 0 saturated carbocycles. The number of piperidine rings is 1. The van der Waals surface area contributed by atoms with Gasteiger partial charge >= 0.3 is 5.97 Å². The molecule has 0 bridgehead atoms. The van der Waals surface area contributed by atoms with E-state index in [-0.39, 0.29) is 0 Å². The first-order chi connectivity index (χ1) is 8.99. The van der Waals surface area contributed by atoms with Gasteiger partial charge in [-0.3, -0.25) is 0 Å². The van der Waals surface area contributed by atoms with Crippen molar-refractivity contribution in [3.8, 4) is 0 Å². The molecule has 2 rings (SSSR count). The standard InChI is InChI=1S/C14H21N3O2/c1-16(2)11-5-7-17(8-6-11)13-4-3-10(15)9-12(13)14(18)19/h3-4,9,11H,5-8,15H2,1-2H3,(H,18,19). The summed E-state index contributed by atoms with van der Waals surface area (Å²) in [5.41, 5.74) is 7.23. The van der Waals surface area contributed by atoms with Gasteiger partial charge in [0.15, 0.2) is 0 Å². The third-order valence-corrected chi connectivity index (χ3v) is 3.79. The van der Waals surface area contributed by atoms with Crippen LogP contribution in [0.2, 0.25) is 0 Å². The molecule has 0 aromatic heterocycles. The number of carboxylic acids is 1. The Morgan fingerprint density at radius 3 is 2.53 bits per heavy atom. The van der Waals surface area contributed by atoms with Crippen molar-refractivity contribution in [1.82, 2.24) is 4.90 Å². The van der Waals surface area contributed by atoms with E-state index in [1.807, 2.05) is 6.07 Å². The maximum absolute atomic E-state index is 11.3. The van der Waals surface area contributed by atoms with E-state index in [1.54, 1.807) is 6.07 Å². The fourth-order valence-corrected chi connectivity index (χ4v) is 2.62. The highest BCUT2D eigenvalue weighted by atomic mass is 16.4. The first kappa shape index (κ1) is 13.7. The zero-order valence-corrected chi connectivity index (χ0v) is 11.5. The number of hydrogen-bond acceptors (Lipinski definition) is 4. The number of benzene rings is 1. The molecule has 1 aliphatic rings. The van der Waals surface area contributed by atoms with E-state index in [2.05, 4.69) is 23.9 Å². The number of carbonyl (C=O) groups is 1. The summed E-state index contributed by atoms with van der Waals surface area (Å²) in [6.07, 6.45) is 2.10. The number of nitrogens with zero attached hydrogens (tertiary/aromatic N) is 2. The summed E-state index contributed by atoms with van der Waals surface area (Å²) < 4.78 is 0. The van der Waals surface area contributed by atoms with Crippen LogP contribution in [0, 0.1) is 0 Å². The molecule has 0 aliphatic carbocycles. The Balaban J connectivity index is 2.17. The smallest absolute Gasteiger partial charge is 0.337 e. The third kappa shape index (κ3) is 2.98. The van der Waals surface area contributed by atoms with Gasteiger partial charge in [0.25, 0.3) is 0 Å². The lowest BCUT2D eigenvalue weighted by Gasteiger charge is -2.37. The molecule has 1 aromatic carbocycles. The van der Waals surface area contributed by atoms with Crippen LogP contribution in [0.1, 0.15) is 23.2 Å². The molecule has 0 spiro atoms. The Morgan fingerprint density at radius 1 is 1.37 bits per heavy atom. The molecule has 0 unspecified atom stereocenters. The Morgan fingerprint density at radius 2 is 2.00 bits per heavy atom. The molecule has 5 heteroatoms. The van der Waals surface area contributed by atoms with E-state index in [9.17, 15) is 9.90 Å². The highest BCUT2D eigenvalue weighted by Gasteiger charge is 2.23. The average molecular weight is 263 g/mol. The van der Waals surface area contributed by atoms with Gasteiger partial charge in [0.2, 0.25) is 0 Å². The normalized spacial score (nSPS) is 16.9. The maximum atomic E-state index is 11.3. The minimum absolute atomic E-state index is 0.295. The molecule has 1 fully saturated rings. The summed E-state index contributed by atoms with van der Waals surface area (Å²) in [5, 5.41) is 9.27.